The second-order valence-electron chi connectivity index (χ2n) is 4.79. The van der Waals surface area contributed by atoms with Crippen LogP contribution in [-0.2, 0) is 6.54 Å². The SMILES string of the molecule is CC(C)C(=O)c1cn(CCF)c2ccc(C#N)cc12. The van der Waals surface area contributed by atoms with Crippen molar-refractivity contribution in [1.29, 1.82) is 5.26 Å². The van der Waals surface area contributed by atoms with Gasteiger partial charge in [0.2, 0.25) is 0 Å². The lowest BCUT2D eigenvalue weighted by Gasteiger charge is -2.01. The van der Waals surface area contributed by atoms with Gasteiger partial charge in [-0.3, -0.25) is 4.79 Å². The highest BCUT2D eigenvalue weighted by Gasteiger charge is 2.17. The van der Waals surface area contributed by atoms with E-state index in [1.807, 2.05) is 13.8 Å². The van der Waals surface area contributed by atoms with E-state index in [9.17, 15) is 9.18 Å². The zero-order chi connectivity index (χ0) is 14.0. The first kappa shape index (κ1) is 13.3. The Morgan fingerprint density at radius 1 is 1.47 bits per heavy atom. The minimum Gasteiger partial charge on any atom is -0.344 e. The van der Waals surface area contributed by atoms with Gasteiger partial charge < -0.3 is 4.57 Å². The molecule has 0 bridgehead atoms. The lowest BCUT2D eigenvalue weighted by atomic mass is 10.00. The summed E-state index contributed by atoms with van der Waals surface area (Å²) >= 11 is 0. The van der Waals surface area contributed by atoms with E-state index in [0.717, 1.165) is 10.9 Å². The molecule has 2 aromatic rings. The maximum atomic E-state index is 12.6. The molecule has 0 spiro atoms. The van der Waals surface area contributed by atoms with Crippen molar-refractivity contribution in [3.05, 3.63) is 35.5 Å². The first-order valence-electron chi connectivity index (χ1n) is 6.21. The Morgan fingerprint density at radius 2 is 2.21 bits per heavy atom. The second-order valence-corrected chi connectivity index (χ2v) is 4.79. The number of rotatable bonds is 4. The standard InChI is InChI=1S/C15H15FN2O/c1-10(2)15(19)13-9-18(6-5-16)14-4-3-11(8-17)7-12(13)14/h3-4,7,9-10H,5-6H2,1-2H3. The van der Waals surface area contributed by atoms with Gasteiger partial charge in [0.1, 0.15) is 6.67 Å². The molecule has 0 saturated heterocycles. The van der Waals surface area contributed by atoms with Crippen molar-refractivity contribution in [3.63, 3.8) is 0 Å². The van der Waals surface area contributed by atoms with Gasteiger partial charge in [0.25, 0.3) is 0 Å². The Labute approximate surface area is 111 Å². The van der Waals surface area contributed by atoms with Crippen molar-refractivity contribution in [2.24, 2.45) is 5.92 Å². The van der Waals surface area contributed by atoms with E-state index >= 15 is 0 Å². The van der Waals surface area contributed by atoms with E-state index in [4.69, 9.17) is 5.26 Å². The highest BCUT2D eigenvalue weighted by molar-refractivity contribution is 6.09. The highest BCUT2D eigenvalue weighted by Crippen LogP contribution is 2.25. The van der Waals surface area contributed by atoms with Crippen LogP contribution in [0.5, 0.6) is 0 Å². The summed E-state index contributed by atoms with van der Waals surface area (Å²) in [5.74, 6) is -0.118. The molecule has 0 amide bonds. The third kappa shape index (κ3) is 2.37. The third-order valence-electron chi connectivity index (χ3n) is 3.13. The van der Waals surface area contributed by atoms with Gasteiger partial charge in [0.05, 0.1) is 18.2 Å². The number of benzene rings is 1. The van der Waals surface area contributed by atoms with Gasteiger partial charge >= 0.3 is 0 Å². The first-order valence-corrected chi connectivity index (χ1v) is 6.21. The number of hydrogen-bond acceptors (Lipinski definition) is 2. The van der Waals surface area contributed by atoms with E-state index in [0.29, 0.717) is 11.1 Å². The number of carbonyl (C=O) groups excluding carboxylic acids is 1. The molecular weight excluding hydrogens is 243 g/mol. The molecule has 0 radical (unpaired) electrons. The molecule has 1 aromatic carbocycles. The number of alkyl halides is 1. The number of fused-ring (bicyclic) bond motifs is 1. The summed E-state index contributed by atoms with van der Waals surface area (Å²) in [7, 11) is 0. The minimum atomic E-state index is -0.487. The predicted octanol–water partition coefficient (Wildman–Crippen LogP) is 3.32. The molecular formula is C15H15FN2O. The summed E-state index contributed by atoms with van der Waals surface area (Å²) in [6.45, 7) is 3.39. The zero-order valence-electron chi connectivity index (χ0n) is 11.0. The lowest BCUT2D eigenvalue weighted by Crippen LogP contribution is -2.06. The minimum absolute atomic E-state index is 0.0118. The largest absolute Gasteiger partial charge is 0.344 e. The second kappa shape index (κ2) is 5.23. The summed E-state index contributed by atoms with van der Waals surface area (Å²) in [6.07, 6.45) is 1.69. The van der Waals surface area contributed by atoms with E-state index in [-0.39, 0.29) is 18.2 Å². The molecule has 0 atom stereocenters. The Morgan fingerprint density at radius 3 is 2.79 bits per heavy atom. The molecule has 0 unspecified atom stereocenters. The number of nitrogens with zero attached hydrogens (tertiary/aromatic N) is 2. The number of aromatic nitrogens is 1. The Balaban J connectivity index is 2.68. The van der Waals surface area contributed by atoms with Crippen LogP contribution in [0, 0.1) is 17.2 Å². The Bertz CT molecular complexity index is 665. The zero-order valence-corrected chi connectivity index (χ0v) is 11.0. The topological polar surface area (TPSA) is 45.8 Å². The van der Waals surface area contributed by atoms with Gasteiger partial charge in [-0.1, -0.05) is 13.8 Å². The van der Waals surface area contributed by atoms with Crippen molar-refractivity contribution < 1.29 is 9.18 Å². The maximum Gasteiger partial charge on any atom is 0.167 e. The van der Waals surface area contributed by atoms with Crippen LogP contribution < -0.4 is 0 Å². The summed E-state index contributed by atoms with van der Waals surface area (Å²) in [5.41, 5.74) is 1.86. The van der Waals surface area contributed by atoms with Crippen molar-refractivity contribution >= 4 is 16.7 Å². The maximum absolute atomic E-state index is 12.6. The fraction of sp³-hybridized carbons (Fsp3) is 0.333. The molecule has 2 rings (SSSR count). The molecule has 0 aliphatic carbocycles. The molecule has 98 valence electrons. The fourth-order valence-corrected chi connectivity index (χ4v) is 2.15. The number of carbonyl (C=O) groups is 1. The number of Topliss-reactive ketones (excluding diaryl/α,β-unsaturated/α-hetero) is 1. The molecule has 19 heavy (non-hydrogen) atoms. The lowest BCUT2D eigenvalue weighted by molar-refractivity contribution is 0.0941. The van der Waals surface area contributed by atoms with Crippen LogP contribution in [0.2, 0.25) is 0 Å². The van der Waals surface area contributed by atoms with Crippen LogP contribution in [0.3, 0.4) is 0 Å². The number of halogens is 1. The van der Waals surface area contributed by atoms with Crippen molar-refractivity contribution in [1.82, 2.24) is 4.57 Å². The van der Waals surface area contributed by atoms with Gasteiger partial charge in [0, 0.05) is 28.6 Å². The summed E-state index contributed by atoms with van der Waals surface area (Å²) < 4.78 is 14.3. The molecule has 0 N–H and O–H groups in total. The first-order chi connectivity index (χ1) is 9.08. The van der Waals surface area contributed by atoms with Crippen molar-refractivity contribution in [3.8, 4) is 6.07 Å². The van der Waals surface area contributed by atoms with Crippen molar-refractivity contribution in [2.45, 2.75) is 20.4 Å². The quantitative estimate of drug-likeness (QED) is 0.790. The van der Waals surface area contributed by atoms with E-state index in [1.165, 1.54) is 0 Å². The van der Waals surface area contributed by atoms with Gasteiger partial charge in [-0.2, -0.15) is 5.26 Å². The molecule has 1 heterocycles. The van der Waals surface area contributed by atoms with Gasteiger partial charge in [0.15, 0.2) is 5.78 Å². The molecule has 4 heteroatoms. The van der Waals surface area contributed by atoms with E-state index < -0.39 is 6.67 Å². The average molecular weight is 258 g/mol. The normalized spacial score (nSPS) is 10.9. The summed E-state index contributed by atoms with van der Waals surface area (Å²) in [5, 5.41) is 9.67. The molecule has 0 saturated carbocycles. The van der Waals surface area contributed by atoms with Crippen LogP contribution in [0.15, 0.2) is 24.4 Å². The van der Waals surface area contributed by atoms with Crippen LogP contribution in [0.25, 0.3) is 10.9 Å². The summed E-state index contributed by atoms with van der Waals surface area (Å²) in [4.78, 5) is 12.2. The predicted molar refractivity (Wildman–Crippen MR) is 71.8 cm³/mol. The van der Waals surface area contributed by atoms with E-state index in [2.05, 4.69) is 6.07 Å². The Kier molecular flexibility index (Phi) is 3.66. The summed E-state index contributed by atoms with van der Waals surface area (Å²) in [6, 6.07) is 7.20. The van der Waals surface area contributed by atoms with Crippen LogP contribution in [0.4, 0.5) is 4.39 Å². The molecule has 0 aliphatic rings. The van der Waals surface area contributed by atoms with Gasteiger partial charge in [-0.05, 0) is 18.2 Å². The van der Waals surface area contributed by atoms with Crippen LogP contribution in [-0.4, -0.2) is 17.0 Å². The van der Waals surface area contributed by atoms with Gasteiger partial charge in [-0.25, -0.2) is 4.39 Å². The number of nitriles is 1. The van der Waals surface area contributed by atoms with E-state index in [1.54, 1.807) is 29.0 Å². The fourth-order valence-electron chi connectivity index (χ4n) is 2.15. The molecule has 0 aliphatic heterocycles. The average Bonchev–Trinajstić information content (AvgIpc) is 2.76. The monoisotopic (exact) mass is 258 g/mol. The van der Waals surface area contributed by atoms with Crippen LogP contribution in [0.1, 0.15) is 29.8 Å². The molecule has 3 nitrogen and oxygen atoms in total. The van der Waals surface area contributed by atoms with Crippen LogP contribution >= 0.6 is 0 Å². The van der Waals surface area contributed by atoms with Gasteiger partial charge in [-0.15, -0.1) is 0 Å². The third-order valence-corrected chi connectivity index (χ3v) is 3.13. The Hall–Kier alpha value is -2.15. The number of hydrogen-bond donors (Lipinski definition) is 0. The molecule has 1 aromatic heterocycles. The number of ketones is 1. The highest BCUT2D eigenvalue weighted by atomic mass is 19.1. The molecule has 0 fully saturated rings. The smallest absolute Gasteiger partial charge is 0.167 e. The number of aryl methyl sites for hydroxylation is 1. The van der Waals surface area contributed by atoms with Crippen molar-refractivity contribution in [2.75, 3.05) is 6.67 Å².